The molecule has 0 aliphatic heterocycles. The highest BCUT2D eigenvalue weighted by Crippen LogP contribution is 2.32. The van der Waals surface area contributed by atoms with E-state index in [1.165, 1.54) is 0 Å². The Balaban J connectivity index is 3.08. The van der Waals surface area contributed by atoms with Crippen LogP contribution in [0.25, 0.3) is 0 Å². The Morgan fingerprint density at radius 1 is 1.41 bits per heavy atom. The van der Waals surface area contributed by atoms with Gasteiger partial charge in [0.25, 0.3) is 0 Å². The number of anilines is 1. The molecule has 0 fully saturated rings. The summed E-state index contributed by atoms with van der Waals surface area (Å²) in [6.07, 6.45) is 0. The van der Waals surface area contributed by atoms with Crippen LogP contribution in [0.1, 0.15) is 0 Å². The molecule has 0 heterocycles. The van der Waals surface area contributed by atoms with Crippen LogP contribution >= 0.6 is 35.4 Å². The fraction of sp³-hybridized carbons (Fsp3) is 0.125. The summed E-state index contributed by atoms with van der Waals surface area (Å²) in [6, 6.07) is 1.87. The lowest BCUT2D eigenvalue weighted by molar-refractivity contribution is 0.604. The summed E-state index contributed by atoms with van der Waals surface area (Å²) < 4.78 is 38.0. The van der Waals surface area contributed by atoms with Crippen molar-refractivity contribution < 1.29 is 12.8 Å². The molecule has 0 amide bonds. The topological polar surface area (TPSA) is 72.2 Å². The molecule has 3 N–H and O–H groups in total. The SMILES string of the molecule is NC(=S)CS(=O)(=O)Nc1c(Cl)cc(F)cc1Cl. The Morgan fingerprint density at radius 3 is 2.29 bits per heavy atom. The van der Waals surface area contributed by atoms with E-state index in [2.05, 4.69) is 16.9 Å². The first-order valence-electron chi connectivity index (χ1n) is 4.14. The third-order valence-corrected chi connectivity index (χ3v) is 3.73. The lowest BCUT2D eigenvalue weighted by Crippen LogP contribution is -2.26. The zero-order valence-electron chi connectivity index (χ0n) is 8.21. The second-order valence-electron chi connectivity index (χ2n) is 3.07. The zero-order valence-corrected chi connectivity index (χ0v) is 11.4. The Hall–Kier alpha value is -0.630. The van der Waals surface area contributed by atoms with Gasteiger partial charge in [0.15, 0.2) is 0 Å². The molecule has 94 valence electrons. The summed E-state index contributed by atoms with van der Waals surface area (Å²) >= 11 is 15.8. The summed E-state index contributed by atoms with van der Waals surface area (Å²) in [6.45, 7) is 0. The van der Waals surface area contributed by atoms with E-state index >= 15 is 0 Å². The smallest absolute Gasteiger partial charge is 0.239 e. The van der Waals surface area contributed by atoms with Gasteiger partial charge in [-0.2, -0.15) is 0 Å². The number of hydrogen-bond donors (Lipinski definition) is 2. The number of hydrogen-bond acceptors (Lipinski definition) is 3. The number of nitrogens with one attached hydrogen (secondary N) is 1. The highest BCUT2D eigenvalue weighted by Gasteiger charge is 2.17. The summed E-state index contributed by atoms with van der Waals surface area (Å²) in [7, 11) is -3.80. The predicted molar refractivity (Wildman–Crippen MR) is 70.6 cm³/mol. The van der Waals surface area contributed by atoms with E-state index in [-0.39, 0.29) is 20.7 Å². The molecule has 0 saturated heterocycles. The van der Waals surface area contributed by atoms with Crippen LogP contribution in [-0.4, -0.2) is 19.2 Å². The standard InChI is InChI=1S/C8H7Cl2FN2O2S2/c9-5-1-4(11)2-6(10)8(5)13-17(14,15)3-7(12)16/h1-2,13H,3H2,(H2,12,16). The van der Waals surface area contributed by atoms with Crippen molar-refractivity contribution in [2.45, 2.75) is 0 Å². The second-order valence-corrected chi connectivity index (χ2v) is 6.13. The molecule has 0 radical (unpaired) electrons. The first-order valence-corrected chi connectivity index (χ1v) is 6.96. The van der Waals surface area contributed by atoms with Gasteiger partial charge >= 0.3 is 0 Å². The highest BCUT2D eigenvalue weighted by atomic mass is 35.5. The first kappa shape index (κ1) is 14.4. The van der Waals surface area contributed by atoms with Crippen molar-refractivity contribution in [3.05, 3.63) is 28.0 Å². The van der Waals surface area contributed by atoms with E-state index in [4.69, 9.17) is 28.9 Å². The third-order valence-electron chi connectivity index (χ3n) is 1.60. The molecule has 0 aliphatic carbocycles. The average molecular weight is 317 g/mol. The molecule has 0 atom stereocenters. The van der Waals surface area contributed by atoms with Crippen LogP contribution in [-0.2, 0) is 10.0 Å². The number of thiocarbonyl (C=S) groups is 1. The third kappa shape index (κ3) is 4.27. The van der Waals surface area contributed by atoms with Crippen molar-refractivity contribution >= 4 is 56.1 Å². The lowest BCUT2D eigenvalue weighted by Gasteiger charge is -2.10. The molecule has 0 unspecified atom stereocenters. The highest BCUT2D eigenvalue weighted by molar-refractivity contribution is 7.95. The Morgan fingerprint density at radius 2 is 1.88 bits per heavy atom. The van der Waals surface area contributed by atoms with Crippen LogP contribution in [0.3, 0.4) is 0 Å². The second kappa shape index (κ2) is 5.34. The van der Waals surface area contributed by atoms with Gasteiger partial charge in [0, 0.05) is 0 Å². The molecule has 0 saturated carbocycles. The summed E-state index contributed by atoms with van der Waals surface area (Å²) in [4.78, 5) is -0.202. The van der Waals surface area contributed by atoms with Gasteiger partial charge in [0.05, 0.1) is 20.7 Å². The molecule has 1 aromatic carbocycles. The molecule has 1 aromatic rings. The Kier molecular flexibility index (Phi) is 4.54. The van der Waals surface area contributed by atoms with E-state index in [0.29, 0.717) is 0 Å². The minimum atomic E-state index is -3.80. The van der Waals surface area contributed by atoms with Crippen LogP contribution in [0, 0.1) is 5.82 Å². The van der Waals surface area contributed by atoms with Gasteiger partial charge in [-0.3, -0.25) is 4.72 Å². The van der Waals surface area contributed by atoms with Gasteiger partial charge in [-0.25, -0.2) is 12.8 Å². The van der Waals surface area contributed by atoms with Crippen LogP contribution in [0.5, 0.6) is 0 Å². The number of nitrogens with two attached hydrogens (primary N) is 1. The Bertz CT molecular complexity index is 540. The van der Waals surface area contributed by atoms with E-state index in [1.54, 1.807) is 0 Å². The molecule has 17 heavy (non-hydrogen) atoms. The summed E-state index contributed by atoms with van der Waals surface area (Å²) in [5.41, 5.74) is 5.01. The van der Waals surface area contributed by atoms with Crippen molar-refractivity contribution in [2.75, 3.05) is 10.5 Å². The molecular formula is C8H7Cl2FN2O2S2. The van der Waals surface area contributed by atoms with Gasteiger partial charge in [-0.15, -0.1) is 0 Å². The van der Waals surface area contributed by atoms with Gasteiger partial charge in [0.2, 0.25) is 10.0 Å². The van der Waals surface area contributed by atoms with E-state index in [9.17, 15) is 12.8 Å². The molecule has 0 aliphatic rings. The minimum Gasteiger partial charge on any atom is -0.392 e. The molecule has 0 spiro atoms. The number of benzene rings is 1. The number of sulfonamides is 1. The zero-order chi connectivity index (χ0) is 13.2. The van der Waals surface area contributed by atoms with Crippen molar-refractivity contribution in [1.82, 2.24) is 0 Å². The minimum absolute atomic E-state index is 0.106. The predicted octanol–water partition coefficient (Wildman–Crippen LogP) is 2.16. The molecule has 9 heteroatoms. The lowest BCUT2D eigenvalue weighted by atomic mass is 10.3. The van der Waals surface area contributed by atoms with Gasteiger partial charge in [0.1, 0.15) is 11.6 Å². The van der Waals surface area contributed by atoms with Gasteiger partial charge in [-0.05, 0) is 12.1 Å². The van der Waals surface area contributed by atoms with E-state index in [0.717, 1.165) is 12.1 Å². The van der Waals surface area contributed by atoms with Crippen LogP contribution in [0.2, 0.25) is 10.0 Å². The normalized spacial score (nSPS) is 11.2. The fourth-order valence-electron chi connectivity index (χ4n) is 1.02. The van der Waals surface area contributed by atoms with Gasteiger partial charge < -0.3 is 5.73 Å². The van der Waals surface area contributed by atoms with Gasteiger partial charge in [-0.1, -0.05) is 35.4 Å². The first-order chi connectivity index (χ1) is 7.71. The largest absolute Gasteiger partial charge is 0.392 e. The fourth-order valence-corrected chi connectivity index (χ4v) is 3.13. The monoisotopic (exact) mass is 316 g/mol. The maximum Gasteiger partial charge on any atom is 0.239 e. The van der Waals surface area contributed by atoms with Crippen molar-refractivity contribution in [2.24, 2.45) is 5.73 Å². The maximum absolute atomic E-state index is 12.9. The van der Waals surface area contributed by atoms with Crippen molar-refractivity contribution in [1.29, 1.82) is 0 Å². The molecule has 1 rings (SSSR count). The van der Waals surface area contributed by atoms with Crippen molar-refractivity contribution in [3.8, 4) is 0 Å². The molecule has 0 aromatic heterocycles. The van der Waals surface area contributed by atoms with Crippen LogP contribution in [0.15, 0.2) is 12.1 Å². The molecule has 0 bridgehead atoms. The quantitative estimate of drug-likeness (QED) is 0.835. The molecular weight excluding hydrogens is 310 g/mol. The van der Waals surface area contributed by atoms with Crippen LogP contribution < -0.4 is 10.5 Å². The van der Waals surface area contributed by atoms with E-state index < -0.39 is 21.6 Å². The summed E-state index contributed by atoms with van der Waals surface area (Å²) in [5, 5.41) is -0.303. The molecule has 4 nitrogen and oxygen atoms in total. The summed E-state index contributed by atoms with van der Waals surface area (Å²) in [5.74, 6) is -1.22. The van der Waals surface area contributed by atoms with E-state index in [1.807, 2.05) is 0 Å². The van der Waals surface area contributed by atoms with Crippen molar-refractivity contribution in [3.63, 3.8) is 0 Å². The van der Waals surface area contributed by atoms with Crippen LogP contribution in [0.4, 0.5) is 10.1 Å². The average Bonchev–Trinajstić information content (AvgIpc) is 2.09. The Labute approximate surface area is 113 Å². The number of rotatable bonds is 4. The maximum atomic E-state index is 12.9. The number of halogens is 3.